The molecule has 1 saturated heterocycles. The van der Waals surface area contributed by atoms with E-state index in [2.05, 4.69) is 15.2 Å². The lowest BCUT2D eigenvalue weighted by Gasteiger charge is -2.30. The molecule has 0 aliphatic carbocycles. The predicted molar refractivity (Wildman–Crippen MR) is 110 cm³/mol. The van der Waals surface area contributed by atoms with E-state index in [0.29, 0.717) is 41.4 Å². The van der Waals surface area contributed by atoms with Gasteiger partial charge in [0.2, 0.25) is 0 Å². The summed E-state index contributed by atoms with van der Waals surface area (Å²) in [7, 11) is 1.66. The van der Waals surface area contributed by atoms with Crippen molar-refractivity contribution in [1.29, 1.82) is 0 Å². The summed E-state index contributed by atoms with van der Waals surface area (Å²) in [6, 6.07) is 9.62. The number of benzene rings is 1. The van der Waals surface area contributed by atoms with Gasteiger partial charge in [0.1, 0.15) is 11.5 Å². The van der Waals surface area contributed by atoms with E-state index < -0.39 is 0 Å². The van der Waals surface area contributed by atoms with E-state index in [1.165, 1.54) is 23.0 Å². The molecule has 4 heterocycles. The van der Waals surface area contributed by atoms with Crippen LogP contribution in [0.1, 0.15) is 32.8 Å². The Labute approximate surface area is 176 Å². The summed E-state index contributed by atoms with van der Waals surface area (Å²) in [5.74, 6) is -0.312. The Balaban J connectivity index is 1.41. The zero-order valence-corrected chi connectivity index (χ0v) is 16.8. The fourth-order valence-corrected chi connectivity index (χ4v) is 3.67. The van der Waals surface area contributed by atoms with Gasteiger partial charge in [0.05, 0.1) is 11.8 Å². The molecule has 0 atom stereocenters. The third-order valence-electron chi connectivity index (χ3n) is 5.43. The van der Waals surface area contributed by atoms with Gasteiger partial charge in [-0.15, -0.1) is 5.10 Å². The Bertz CT molecular complexity index is 1320. The zero-order valence-electron chi connectivity index (χ0n) is 16.8. The van der Waals surface area contributed by atoms with Gasteiger partial charge in [0.15, 0.2) is 17.3 Å². The molecule has 5 rings (SSSR count). The number of fused-ring (bicyclic) bond motifs is 1. The Hall–Kier alpha value is -3.88. The van der Waals surface area contributed by atoms with Gasteiger partial charge >= 0.3 is 0 Å². The summed E-state index contributed by atoms with van der Waals surface area (Å²) in [6.45, 7) is 1.41. The number of amides is 1. The maximum absolute atomic E-state index is 13.5. The molecule has 0 bridgehead atoms. The maximum Gasteiger partial charge on any atom is 0.257 e. The van der Waals surface area contributed by atoms with E-state index in [0.717, 1.165) is 12.0 Å². The van der Waals surface area contributed by atoms with Gasteiger partial charge in [0, 0.05) is 38.3 Å². The van der Waals surface area contributed by atoms with Crippen molar-refractivity contribution in [2.45, 2.75) is 12.8 Å². The van der Waals surface area contributed by atoms with E-state index in [-0.39, 0.29) is 23.9 Å². The molecule has 0 N–H and O–H groups in total. The molecule has 4 aromatic rings. The third-order valence-corrected chi connectivity index (χ3v) is 5.43. The average Bonchev–Trinajstić information content (AvgIpc) is 3.29. The molecule has 1 aliphatic heterocycles. The van der Waals surface area contributed by atoms with Crippen LogP contribution in [0.2, 0.25) is 0 Å². The third kappa shape index (κ3) is 3.48. The predicted octanol–water partition coefficient (Wildman–Crippen LogP) is 2.54. The molecule has 0 spiro atoms. The quantitative estimate of drug-likeness (QED) is 0.465. The van der Waals surface area contributed by atoms with Crippen molar-refractivity contribution in [3.05, 3.63) is 71.4 Å². The van der Waals surface area contributed by atoms with Gasteiger partial charge < -0.3 is 4.90 Å². The monoisotopic (exact) mass is 418 g/mol. The number of halogens is 1. The van der Waals surface area contributed by atoms with Gasteiger partial charge in [-0.05, 0) is 36.2 Å². The number of nitrogens with zero attached hydrogens (tertiary/aromatic N) is 6. The Morgan fingerprint density at radius 1 is 1.16 bits per heavy atom. The second kappa shape index (κ2) is 7.42. The lowest BCUT2D eigenvalue weighted by atomic mass is 10.0. The molecule has 1 amide bonds. The summed E-state index contributed by atoms with van der Waals surface area (Å²) < 4.78 is 16.5. The van der Waals surface area contributed by atoms with Crippen molar-refractivity contribution in [2.24, 2.45) is 7.05 Å². The number of carbonyl (C=O) groups is 2. The summed E-state index contributed by atoms with van der Waals surface area (Å²) in [6.07, 6.45) is 4.24. The highest BCUT2D eigenvalue weighted by atomic mass is 19.1. The minimum absolute atomic E-state index is 0.0957. The first kappa shape index (κ1) is 19.1. The van der Waals surface area contributed by atoms with Crippen LogP contribution < -0.4 is 0 Å². The smallest absolute Gasteiger partial charge is 0.257 e. The van der Waals surface area contributed by atoms with Crippen molar-refractivity contribution in [2.75, 3.05) is 13.1 Å². The number of rotatable bonds is 5. The number of aromatic nitrogens is 5. The van der Waals surface area contributed by atoms with Crippen LogP contribution in [-0.2, 0) is 13.5 Å². The second-order valence-electron chi connectivity index (χ2n) is 7.56. The molecule has 3 aromatic heterocycles. The Morgan fingerprint density at radius 2 is 2.00 bits per heavy atom. The number of ketones is 1. The van der Waals surface area contributed by atoms with Crippen LogP contribution >= 0.6 is 0 Å². The first-order chi connectivity index (χ1) is 15.0. The average molecular weight is 418 g/mol. The van der Waals surface area contributed by atoms with Gasteiger partial charge in [0.25, 0.3) is 5.91 Å². The first-order valence-corrected chi connectivity index (χ1v) is 9.95. The van der Waals surface area contributed by atoms with Crippen molar-refractivity contribution >= 4 is 17.3 Å². The van der Waals surface area contributed by atoms with E-state index >= 15 is 0 Å². The van der Waals surface area contributed by atoms with Crippen LogP contribution in [0.4, 0.5) is 4.39 Å². The van der Waals surface area contributed by atoms with Gasteiger partial charge in [-0.2, -0.15) is 5.10 Å². The number of carbonyl (C=O) groups excluding carboxylic acids is 2. The highest BCUT2D eigenvalue weighted by Crippen LogP contribution is 2.20. The van der Waals surface area contributed by atoms with Crippen molar-refractivity contribution < 1.29 is 14.0 Å². The lowest BCUT2D eigenvalue weighted by Crippen LogP contribution is -2.42. The Morgan fingerprint density at radius 3 is 2.74 bits per heavy atom. The van der Waals surface area contributed by atoms with E-state index in [1.54, 1.807) is 46.9 Å². The van der Waals surface area contributed by atoms with Crippen LogP contribution in [0.25, 0.3) is 17.0 Å². The summed E-state index contributed by atoms with van der Waals surface area (Å²) in [4.78, 5) is 31.8. The number of aryl methyl sites for hydroxylation is 1. The lowest BCUT2D eigenvalue weighted by molar-refractivity contribution is 0.0647. The first-order valence-electron chi connectivity index (χ1n) is 9.95. The van der Waals surface area contributed by atoms with E-state index in [9.17, 15) is 14.0 Å². The number of hydrogen-bond acceptors (Lipinski definition) is 5. The number of Topliss-reactive ketones (excluding diaryl/α,β-unsaturated/α-hetero) is 1. The van der Waals surface area contributed by atoms with E-state index in [1.807, 2.05) is 0 Å². The fourth-order valence-electron chi connectivity index (χ4n) is 3.67. The molecule has 0 unspecified atom stereocenters. The molecule has 9 heteroatoms. The molecular weight excluding hydrogens is 399 g/mol. The summed E-state index contributed by atoms with van der Waals surface area (Å²) >= 11 is 0. The highest BCUT2D eigenvalue weighted by molar-refractivity contribution is 6.07. The molecule has 31 heavy (non-hydrogen) atoms. The van der Waals surface area contributed by atoms with Crippen LogP contribution in [0, 0.1) is 5.82 Å². The second-order valence-corrected chi connectivity index (χ2v) is 7.56. The van der Waals surface area contributed by atoms with Crippen molar-refractivity contribution in [1.82, 2.24) is 29.3 Å². The molecule has 8 nitrogen and oxygen atoms in total. The molecule has 1 fully saturated rings. The standard InChI is InChI=1S/C22H19FN6O2/c1-27-20(17(13-24-27)22(31)28-7-3-8-28)18(30)10-14-6-9-29-19(11-14)25-21(26-29)15-4-2-5-16(23)12-15/h2,4-6,9,11-13H,3,7-8,10H2,1H3. The SMILES string of the molecule is Cn1ncc(C(=O)N2CCC2)c1C(=O)Cc1ccn2nc(-c3cccc(F)c3)nc2c1. The van der Waals surface area contributed by atoms with Gasteiger partial charge in [-0.1, -0.05) is 12.1 Å². The molecular formula is C22H19FN6O2. The molecule has 0 radical (unpaired) electrons. The van der Waals surface area contributed by atoms with Crippen molar-refractivity contribution in [3.8, 4) is 11.4 Å². The van der Waals surface area contributed by atoms with Crippen LogP contribution in [0.3, 0.4) is 0 Å². The maximum atomic E-state index is 13.5. The molecule has 156 valence electrons. The van der Waals surface area contributed by atoms with Crippen LogP contribution in [0.15, 0.2) is 48.8 Å². The summed E-state index contributed by atoms with van der Waals surface area (Å²) in [5, 5.41) is 8.50. The number of likely N-dealkylation sites (tertiary alicyclic amines) is 1. The van der Waals surface area contributed by atoms with Gasteiger partial charge in [-0.3, -0.25) is 14.3 Å². The van der Waals surface area contributed by atoms with Gasteiger partial charge in [-0.25, -0.2) is 13.9 Å². The van der Waals surface area contributed by atoms with Crippen LogP contribution in [0.5, 0.6) is 0 Å². The molecule has 0 saturated carbocycles. The topological polar surface area (TPSA) is 85.4 Å². The van der Waals surface area contributed by atoms with Crippen molar-refractivity contribution in [3.63, 3.8) is 0 Å². The minimum Gasteiger partial charge on any atom is -0.338 e. The minimum atomic E-state index is -0.359. The molecule has 1 aromatic carbocycles. The van der Waals surface area contributed by atoms with E-state index in [4.69, 9.17) is 0 Å². The Kier molecular flexibility index (Phi) is 4.58. The number of hydrogen-bond donors (Lipinski definition) is 0. The molecule has 1 aliphatic rings. The zero-order chi connectivity index (χ0) is 21.5. The highest BCUT2D eigenvalue weighted by Gasteiger charge is 2.28. The normalized spacial score (nSPS) is 13.4. The number of pyridine rings is 1. The largest absolute Gasteiger partial charge is 0.338 e. The fraction of sp³-hybridized carbons (Fsp3) is 0.227. The van der Waals surface area contributed by atoms with Crippen LogP contribution in [-0.4, -0.2) is 54.1 Å². The summed E-state index contributed by atoms with van der Waals surface area (Å²) in [5.41, 5.74) is 2.50.